The Labute approximate surface area is 121 Å². The number of fused-ring (bicyclic) bond motifs is 2. The van der Waals surface area contributed by atoms with Crippen LogP contribution in [0.15, 0.2) is 28.7 Å². The number of hydrogen-bond donors (Lipinski definition) is 3. The third kappa shape index (κ3) is 1.42. The molecule has 0 spiro atoms. The smallest absolute Gasteiger partial charge is 0.198 e. The molecule has 2 aromatic rings. The molecule has 4 N–H and O–H groups in total. The van der Waals surface area contributed by atoms with Gasteiger partial charge in [0.15, 0.2) is 23.1 Å². The van der Waals surface area contributed by atoms with Crippen LogP contribution in [0.5, 0.6) is 11.5 Å². The highest BCUT2D eigenvalue weighted by Gasteiger charge is 2.36. The molecule has 1 aliphatic rings. The van der Waals surface area contributed by atoms with Gasteiger partial charge in [-0.1, -0.05) is 24.3 Å². The summed E-state index contributed by atoms with van der Waals surface area (Å²) in [5, 5.41) is 19.7. The average Bonchev–Trinajstić information content (AvgIpc) is 2.46. The Hall–Kier alpha value is -2.34. The van der Waals surface area contributed by atoms with E-state index in [1.807, 2.05) is 0 Å². The minimum Gasteiger partial charge on any atom is -0.504 e. The van der Waals surface area contributed by atoms with E-state index in [-0.39, 0.29) is 32.4 Å². The molecule has 0 aliphatic heterocycles. The number of carbonyl (C=O) groups excluding carboxylic acids is 2. The van der Waals surface area contributed by atoms with Crippen LogP contribution in [-0.2, 0) is 0 Å². The minimum absolute atomic E-state index is 0.0264. The van der Waals surface area contributed by atoms with Gasteiger partial charge >= 0.3 is 0 Å². The lowest BCUT2D eigenvalue weighted by Crippen LogP contribution is -2.22. The van der Waals surface area contributed by atoms with Crippen molar-refractivity contribution in [2.75, 3.05) is 5.73 Å². The maximum absolute atomic E-state index is 12.5. The van der Waals surface area contributed by atoms with Gasteiger partial charge in [-0.3, -0.25) is 9.59 Å². The molecule has 0 radical (unpaired) electrons. The normalized spacial score (nSPS) is 13.1. The highest BCUT2D eigenvalue weighted by Crippen LogP contribution is 2.46. The number of rotatable bonds is 0. The quantitative estimate of drug-likeness (QED) is 0.432. The SMILES string of the molecule is Nc1c(O)c(O)c2c(c1Br)C(=O)c1ccccc1C2=O. The van der Waals surface area contributed by atoms with Crippen molar-refractivity contribution in [1.82, 2.24) is 0 Å². The van der Waals surface area contributed by atoms with Gasteiger partial charge in [0.1, 0.15) is 0 Å². The lowest BCUT2D eigenvalue weighted by Gasteiger charge is -2.21. The summed E-state index contributed by atoms with van der Waals surface area (Å²) in [6.45, 7) is 0. The third-order valence-electron chi connectivity index (χ3n) is 3.29. The van der Waals surface area contributed by atoms with Crippen LogP contribution < -0.4 is 5.73 Å². The van der Waals surface area contributed by atoms with Crippen molar-refractivity contribution in [3.63, 3.8) is 0 Å². The topological polar surface area (TPSA) is 101 Å². The van der Waals surface area contributed by atoms with E-state index in [1.165, 1.54) is 12.1 Å². The molecule has 0 saturated carbocycles. The van der Waals surface area contributed by atoms with Crippen molar-refractivity contribution in [2.24, 2.45) is 0 Å². The van der Waals surface area contributed by atoms with Crippen LogP contribution in [-0.4, -0.2) is 21.8 Å². The van der Waals surface area contributed by atoms with Crippen molar-refractivity contribution < 1.29 is 19.8 Å². The highest BCUT2D eigenvalue weighted by atomic mass is 79.9. The van der Waals surface area contributed by atoms with E-state index in [0.717, 1.165) is 0 Å². The number of hydrogen-bond acceptors (Lipinski definition) is 5. The molecule has 0 heterocycles. The largest absolute Gasteiger partial charge is 0.504 e. The predicted molar refractivity (Wildman–Crippen MR) is 75.2 cm³/mol. The van der Waals surface area contributed by atoms with E-state index in [1.54, 1.807) is 12.1 Å². The number of nitrogens with two attached hydrogens (primary N) is 1. The molecule has 100 valence electrons. The number of anilines is 1. The zero-order valence-electron chi connectivity index (χ0n) is 9.98. The summed E-state index contributed by atoms with van der Waals surface area (Å²) in [5.41, 5.74) is 5.62. The Morgan fingerprint density at radius 2 is 1.40 bits per heavy atom. The van der Waals surface area contributed by atoms with Gasteiger partial charge in [-0.25, -0.2) is 0 Å². The molecule has 0 saturated heterocycles. The highest BCUT2D eigenvalue weighted by molar-refractivity contribution is 9.10. The number of carbonyl (C=O) groups is 2. The van der Waals surface area contributed by atoms with E-state index in [0.29, 0.717) is 0 Å². The Bertz CT molecular complexity index is 732. The van der Waals surface area contributed by atoms with Gasteiger partial charge in [-0.15, -0.1) is 0 Å². The van der Waals surface area contributed by atoms with Crippen molar-refractivity contribution in [1.29, 1.82) is 0 Å². The minimum atomic E-state index is -0.673. The molecule has 5 nitrogen and oxygen atoms in total. The first kappa shape index (κ1) is 12.7. The molecule has 1 aliphatic carbocycles. The number of halogens is 1. The second kappa shape index (κ2) is 4.08. The summed E-state index contributed by atoms with van der Waals surface area (Å²) in [6, 6.07) is 6.30. The lowest BCUT2D eigenvalue weighted by atomic mass is 9.83. The Kier molecular flexibility index (Phi) is 2.58. The number of phenols is 2. The fraction of sp³-hybridized carbons (Fsp3) is 0. The van der Waals surface area contributed by atoms with Gasteiger partial charge in [-0.2, -0.15) is 0 Å². The molecular weight excluding hydrogens is 326 g/mol. The summed E-state index contributed by atoms with van der Waals surface area (Å²) in [5.74, 6) is -2.24. The Morgan fingerprint density at radius 1 is 0.900 bits per heavy atom. The van der Waals surface area contributed by atoms with Crippen molar-refractivity contribution in [3.8, 4) is 11.5 Å². The third-order valence-corrected chi connectivity index (χ3v) is 4.12. The monoisotopic (exact) mass is 333 g/mol. The van der Waals surface area contributed by atoms with Gasteiger partial charge in [0, 0.05) is 11.1 Å². The van der Waals surface area contributed by atoms with Gasteiger partial charge in [0.25, 0.3) is 0 Å². The summed E-state index contributed by atoms with van der Waals surface area (Å²) in [6.07, 6.45) is 0. The molecule has 0 fully saturated rings. The van der Waals surface area contributed by atoms with Crippen LogP contribution in [0.1, 0.15) is 31.8 Å². The fourth-order valence-electron chi connectivity index (χ4n) is 2.30. The standard InChI is InChI=1S/C14H8BrNO4/c15-9-7-8(13(19)14(20)10(9)16)12(18)6-4-2-1-3-5(6)11(7)17/h1-4,19-20H,16H2. The van der Waals surface area contributed by atoms with Crippen LogP contribution >= 0.6 is 15.9 Å². The second-order valence-corrected chi connectivity index (χ2v) is 5.17. The average molecular weight is 334 g/mol. The number of aromatic hydroxyl groups is 2. The van der Waals surface area contributed by atoms with Gasteiger partial charge in [0.2, 0.25) is 0 Å². The van der Waals surface area contributed by atoms with Gasteiger partial charge in [-0.05, 0) is 15.9 Å². The molecule has 0 atom stereocenters. The first-order valence-electron chi connectivity index (χ1n) is 5.66. The molecule has 6 heteroatoms. The number of nitrogen functional groups attached to an aromatic ring is 1. The van der Waals surface area contributed by atoms with Gasteiger partial charge < -0.3 is 15.9 Å². The van der Waals surface area contributed by atoms with Crippen molar-refractivity contribution in [2.45, 2.75) is 0 Å². The molecule has 2 aromatic carbocycles. The molecule has 20 heavy (non-hydrogen) atoms. The fourth-order valence-corrected chi connectivity index (χ4v) is 2.86. The molecular formula is C14H8BrNO4. The summed E-state index contributed by atoms with van der Waals surface area (Å²) in [7, 11) is 0. The number of benzene rings is 2. The zero-order valence-corrected chi connectivity index (χ0v) is 11.6. The van der Waals surface area contributed by atoms with Gasteiger partial charge in [0.05, 0.1) is 21.3 Å². The maximum atomic E-state index is 12.5. The van der Waals surface area contributed by atoms with Crippen LogP contribution in [0, 0.1) is 0 Å². The van der Waals surface area contributed by atoms with Crippen LogP contribution in [0.4, 0.5) is 5.69 Å². The molecule has 0 unspecified atom stereocenters. The Balaban J connectivity index is 2.46. The predicted octanol–water partition coefficient (Wildman–Crippen LogP) is 2.22. The molecule has 0 aromatic heterocycles. The molecule has 0 amide bonds. The van der Waals surface area contributed by atoms with Crippen molar-refractivity contribution >= 4 is 33.2 Å². The van der Waals surface area contributed by atoms with Crippen LogP contribution in [0.2, 0.25) is 0 Å². The van der Waals surface area contributed by atoms with E-state index < -0.39 is 23.1 Å². The van der Waals surface area contributed by atoms with E-state index in [4.69, 9.17) is 5.73 Å². The summed E-state index contributed by atoms with van der Waals surface area (Å²) >= 11 is 3.10. The van der Waals surface area contributed by atoms with Crippen LogP contribution in [0.25, 0.3) is 0 Å². The van der Waals surface area contributed by atoms with Crippen LogP contribution in [0.3, 0.4) is 0 Å². The van der Waals surface area contributed by atoms with E-state index >= 15 is 0 Å². The second-order valence-electron chi connectivity index (χ2n) is 4.38. The first-order valence-corrected chi connectivity index (χ1v) is 6.45. The number of phenolic OH excluding ortho intramolecular Hbond substituents is 2. The first-order chi connectivity index (χ1) is 9.45. The summed E-state index contributed by atoms with van der Waals surface area (Å²) < 4.78 is 0.107. The zero-order chi connectivity index (χ0) is 14.6. The number of ketones is 2. The maximum Gasteiger partial charge on any atom is 0.198 e. The Morgan fingerprint density at radius 3 is 1.95 bits per heavy atom. The molecule has 0 bridgehead atoms. The van der Waals surface area contributed by atoms with E-state index in [9.17, 15) is 19.8 Å². The van der Waals surface area contributed by atoms with E-state index in [2.05, 4.69) is 15.9 Å². The molecule has 3 rings (SSSR count). The summed E-state index contributed by atoms with van der Waals surface area (Å²) in [4.78, 5) is 24.9. The lowest BCUT2D eigenvalue weighted by molar-refractivity contribution is 0.0975. The van der Waals surface area contributed by atoms with Crippen molar-refractivity contribution in [3.05, 3.63) is 51.0 Å².